The predicted octanol–water partition coefficient (Wildman–Crippen LogP) is 2.84. The molecule has 1 aliphatic rings. The van der Waals surface area contributed by atoms with Crippen molar-refractivity contribution >= 4 is 5.91 Å². The van der Waals surface area contributed by atoms with Gasteiger partial charge in [-0.15, -0.1) is 0 Å². The van der Waals surface area contributed by atoms with Gasteiger partial charge in [-0.25, -0.2) is 0 Å². The van der Waals surface area contributed by atoms with E-state index in [1.807, 2.05) is 32.0 Å². The Balaban J connectivity index is 2.02. The van der Waals surface area contributed by atoms with E-state index in [0.29, 0.717) is 11.8 Å². The van der Waals surface area contributed by atoms with Crippen LogP contribution in [-0.4, -0.2) is 18.1 Å². The summed E-state index contributed by atoms with van der Waals surface area (Å²) in [4.78, 5) is 12.2. The van der Waals surface area contributed by atoms with Gasteiger partial charge in [0.1, 0.15) is 5.75 Å². The van der Waals surface area contributed by atoms with E-state index in [-0.39, 0.29) is 11.9 Å². The lowest BCUT2D eigenvalue weighted by Crippen LogP contribution is -2.41. The van der Waals surface area contributed by atoms with Crippen LogP contribution in [0.5, 0.6) is 5.75 Å². The Morgan fingerprint density at radius 3 is 2.62 bits per heavy atom. The Bertz CT molecular complexity index is 494. The first-order valence-electron chi connectivity index (χ1n) is 7.80. The number of amides is 1. The van der Waals surface area contributed by atoms with Gasteiger partial charge in [0.2, 0.25) is 0 Å². The van der Waals surface area contributed by atoms with Gasteiger partial charge in [-0.05, 0) is 45.2 Å². The molecule has 0 saturated heterocycles. The van der Waals surface area contributed by atoms with Crippen molar-refractivity contribution < 1.29 is 9.53 Å². The molecule has 0 bridgehead atoms. The lowest BCUT2D eigenvalue weighted by Gasteiger charge is -2.21. The molecular weight excluding hydrogens is 264 g/mol. The molecule has 2 atom stereocenters. The standard InChI is InChI=1S/C17H26N2O2/c1-11-8-9-15(12(2)18)16(10-11)21-13(3)17(20)19-14-6-4-5-7-14/h8-10,12-14H,4-7,18H2,1-3H3,(H,19,20)/t12-,13?/m1/s1. The Morgan fingerprint density at radius 1 is 1.33 bits per heavy atom. The summed E-state index contributed by atoms with van der Waals surface area (Å²) >= 11 is 0. The van der Waals surface area contributed by atoms with Crippen LogP contribution in [0.15, 0.2) is 18.2 Å². The van der Waals surface area contributed by atoms with E-state index in [9.17, 15) is 4.79 Å². The summed E-state index contributed by atoms with van der Waals surface area (Å²) in [7, 11) is 0. The minimum atomic E-state index is -0.509. The van der Waals surface area contributed by atoms with Gasteiger partial charge in [-0.1, -0.05) is 25.0 Å². The third kappa shape index (κ3) is 4.21. The highest BCUT2D eigenvalue weighted by atomic mass is 16.5. The van der Waals surface area contributed by atoms with E-state index in [0.717, 1.165) is 24.0 Å². The fourth-order valence-corrected chi connectivity index (χ4v) is 2.75. The number of hydrogen-bond acceptors (Lipinski definition) is 3. The Morgan fingerprint density at radius 2 is 2.00 bits per heavy atom. The van der Waals surface area contributed by atoms with Gasteiger partial charge >= 0.3 is 0 Å². The maximum absolute atomic E-state index is 12.2. The summed E-state index contributed by atoms with van der Waals surface area (Å²) in [5, 5.41) is 3.07. The lowest BCUT2D eigenvalue weighted by atomic mass is 10.1. The van der Waals surface area contributed by atoms with E-state index >= 15 is 0 Å². The fraction of sp³-hybridized carbons (Fsp3) is 0.588. The predicted molar refractivity (Wildman–Crippen MR) is 84.3 cm³/mol. The monoisotopic (exact) mass is 290 g/mol. The van der Waals surface area contributed by atoms with Gasteiger partial charge < -0.3 is 15.8 Å². The van der Waals surface area contributed by atoms with Crippen molar-refractivity contribution in [2.24, 2.45) is 5.73 Å². The van der Waals surface area contributed by atoms with Crippen molar-refractivity contribution in [2.75, 3.05) is 0 Å². The number of rotatable bonds is 5. The average Bonchev–Trinajstić information content (AvgIpc) is 2.91. The van der Waals surface area contributed by atoms with Crippen LogP contribution < -0.4 is 15.8 Å². The lowest BCUT2D eigenvalue weighted by molar-refractivity contribution is -0.128. The van der Waals surface area contributed by atoms with Crippen molar-refractivity contribution in [1.29, 1.82) is 0 Å². The van der Waals surface area contributed by atoms with Crippen molar-refractivity contribution in [1.82, 2.24) is 5.32 Å². The van der Waals surface area contributed by atoms with Crippen molar-refractivity contribution in [3.63, 3.8) is 0 Å². The highest BCUT2D eigenvalue weighted by molar-refractivity contribution is 5.81. The average molecular weight is 290 g/mol. The van der Waals surface area contributed by atoms with Gasteiger partial charge in [-0.2, -0.15) is 0 Å². The summed E-state index contributed by atoms with van der Waals surface area (Å²) in [5.41, 5.74) is 7.99. The molecule has 1 aromatic carbocycles. The summed E-state index contributed by atoms with van der Waals surface area (Å²) < 4.78 is 5.87. The first kappa shape index (κ1) is 15.8. The topological polar surface area (TPSA) is 64.3 Å². The zero-order chi connectivity index (χ0) is 15.4. The maximum Gasteiger partial charge on any atom is 0.260 e. The SMILES string of the molecule is Cc1ccc([C@@H](C)N)c(OC(C)C(=O)NC2CCCC2)c1. The molecule has 1 aliphatic carbocycles. The van der Waals surface area contributed by atoms with E-state index in [1.54, 1.807) is 6.92 Å². The van der Waals surface area contributed by atoms with Gasteiger partial charge in [0.25, 0.3) is 5.91 Å². The molecule has 116 valence electrons. The molecular formula is C17H26N2O2. The Labute approximate surface area is 127 Å². The molecule has 1 saturated carbocycles. The van der Waals surface area contributed by atoms with E-state index in [2.05, 4.69) is 5.32 Å². The zero-order valence-electron chi connectivity index (χ0n) is 13.2. The third-order valence-corrected chi connectivity index (χ3v) is 4.03. The van der Waals surface area contributed by atoms with Gasteiger partial charge in [-0.3, -0.25) is 4.79 Å². The van der Waals surface area contributed by atoms with Crippen molar-refractivity contribution in [3.8, 4) is 5.75 Å². The van der Waals surface area contributed by atoms with Crippen LogP contribution in [-0.2, 0) is 4.79 Å². The normalized spacial score (nSPS) is 18.3. The molecule has 0 aliphatic heterocycles. The number of hydrogen-bond donors (Lipinski definition) is 2. The van der Waals surface area contributed by atoms with Crippen LogP contribution in [0.3, 0.4) is 0 Å². The third-order valence-electron chi connectivity index (χ3n) is 4.03. The first-order valence-corrected chi connectivity index (χ1v) is 7.80. The Kier molecular flexibility index (Phi) is 5.23. The number of carbonyl (C=O) groups excluding carboxylic acids is 1. The number of ether oxygens (including phenoxy) is 1. The molecule has 3 N–H and O–H groups in total. The van der Waals surface area contributed by atoms with Crippen LogP contribution in [0.4, 0.5) is 0 Å². The first-order chi connectivity index (χ1) is 9.97. The smallest absolute Gasteiger partial charge is 0.260 e. The van der Waals surface area contributed by atoms with E-state index < -0.39 is 6.10 Å². The summed E-state index contributed by atoms with van der Waals surface area (Å²) in [6.45, 7) is 5.71. The second-order valence-corrected chi connectivity index (χ2v) is 6.08. The molecule has 1 unspecified atom stereocenters. The highest BCUT2D eigenvalue weighted by Crippen LogP contribution is 2.26. The number of nitrogens with two attached hydrogens (primary N) is 1. The van der Waals surface area contributed by atoms with Crippen LogP contribution in [0.25, 0.3) is 0 Å². The molecule has 1 fully saturated rings. The molecule has 4 heteroatoms. The van der Waals surface area contributed by atoms with Crippen LogP contribution in [0.2, 0.25) is 0 Å². The van der Waals surface area contributed by atoms with Crippen LogP contribution in [0, 0.1) is 6.92 Å². The number of nitrogens with one attached hydrogen (secondary N) is 1. The van der Waals surface area contributed by atoms with E-state index in [1.165, 1.54) is 12.8 Å². The minimum Gasteiger partial charge on any atom is -0.481 e. The van der Waals surface area contributed by atoms with Gasteiger partial charge in [0.15, 0.2) is 6.10 Å². The molecule has 1 aromatic rings. The molecule has 1 amide bonds. The van der Waals surface area contributed by atoms with Gasteiger partial charge in [0, 0.05) is 17.6 Å². The second-order valence-electron chi connectivity index (χ2n) is 6.08. The number of aryl methyl sites for hydroxylation is 1. The molecule has 21 heavy (non-hydrogen) atoms. The van der Waals surface area contributed by atoms with Crippen molar-refractivity contribution in [2.45, 2.75) is 64.6 Å². The van der Waals surface area contributed by atoms with Gasteiger partial charge in [0.05, 0.1) is 0 Å². The largest absolute Gasteiger partial charge is 0.481 e. The molecule has 2 rings (SSSR count). The molecule has 0 radical (unpaired) electrons. The van der Waals surface area contributed by atoms with Crippen LogP contribution >= 0.6 is 0 Å². The summed E-state index contributed by atoms with van der Waals surface area (Å²) in [6, 6.07) is 6.11. The molecule has 0 spiro atoms. The number of carbonyl (C=O) groups is 1. The molecule has 4 nitrogen and oxygen atoms in total. The van der Waals surface area contributed by atoms with Crippen molar-refractivity contribution in [3.05, 3.63) is 29.3 Å². The molecule has 0 heterocycles. The number of benzene rings is 1. The van der Waals surface area contributed by atoms with Crippen LogP contribution in [0.1, 0.15) is 56.7 Å². The minimum absolute atomic E-state index is 0.0426. The highest BCUT2D eigenvalue weighted by Gasteiger charge is 2.22. The molecule has 0 aromatic heterocycles. The van der Waals surface area contributed by atoms with E-state index in [4.69, 9.17) is 10.5 Å². The fourth-order valence-electron chi connectivity index (χ4n) is 2.75. The second kappa shape index (κ2) is 6.94. The summed E-state index contributed by atoms with van der Waals surface area (Å²) in [5.74, 6) is 0.665. The maximum atomic E-state index is 12.2. The zero-order valence-corrected chi connectivity index (χ0v) is 13.2. The quantitative estimate of drug-likeness (QED) is 0.876. The summed E-state index contributed by atoms with van der Waals surface area (Å²) in [6.07, 6.45) is 4.05. The Hall–Kier alpha value is -1.55.